The summed E-state index contributed by atoms with van der Waals surface area (Å²) < 4.78 is 6.04. The van der Waals surface area contributed by atoms with Gasteiger partial charge in [0.05, 0.1) is 23.3 Å². The number of aromatic nitrogens is 2. The lowest BCUT2D eigenvalue weighted by molar-refractivity contribution is -0.113. The number of anilines is 2. The molecule has 152 valence electrons. The van der Waals surface area contributed by atoms with Crippen LogP contribution in [0.3, 0.4) is 0 Å². The Morgan fingerprint density at radius 1 is 1.45 bits per heavy atom. The van der Waals surface area contributed by atoms with Crippen LogP contribution < -0.4 is 11.1 Å². The minimum atomic E-state index is -0.181. The molecule has 1 aromatic carbocycles. The second-order valence-corrected chi connectivity index (χ2v) is 9.65. The molecular formula is C20H21ClN4O2S2. The number of ether oxygens (including phenoxy) is 1. The number of nitrogens with two attached hydrogens (primary N) is 1. The maximum Gasteiger partial charge on any atom is 0.234 e. The van der Waals surface area contributed by atoms with Crippen molar-refractivity contribution in [3.63, 3.8) is 0 Å². The number of fused-ring (bicyclic) bond motifs is 3. The van der Waals surface area contributed by atoms with E-state index in [-0.39, 0.29) is 17.3 Å². The second-order valence-electron chi connectivity index (χ2n) is 7.19. The van der Waals surface area contributed by atoms with E-state index in [9.17, 15) is 4.79 Å². The summed E-state index contributed by atoms with van der Waals surface area (Å²) in [6, 6.07) is 7.03. The van der Waals surface area contributed by atoms with E-state index in [1.54, 1.807) is 35.6 Å². The van der Waals surface area contributed by atoms with E-state index in [4.69, 9.17) is 22.1 Å². The van der Waals surface area contributed by atoms with E-state index in [0.29, 0.717) is 28.3 Å². The highest BCUT2D eigenvalue weighted by Crippen LogP contribution is 2.41. The summed E-state index contributed by atoms with van der Waals surface area (Å²) in [5, 5.41) is 4.81. The zero-order chi connectivity index (χ0) is 20.6. The Hall–Kier alpha value is -1.87. The maximum absolute atomic E-state index is 12.2. The molecule has 1 aliphatic rings. The molecule has 3 heterocycles. The van der Waals surface area contributed by atoms with Crippen LogP contribution >= 0.6 is 34.7 Å². The van der Waals surface area contributed by atoms with Gasteiger partial charge >= 0.3 is 0 Å². The number of nitrogens with zero attached hydrogens (tertiary/aromatic N) is 2. The molecule has 2 aromatic heterocycles. The third-order valence-corrected chi connectivity index (χ3v) is 7.21. The third-order valence-electron chi connectivity index (χ3n) is 5.03. The van der Waals surface area contributed by atoms with Gasteiger partial charge < -0.3 is 15.8 Å². The molecule has 9 heteroatoms. The van der Waals surface area contributed by atoms with Crippen LogP contribution in [0.5, 0.6) is 0 Å². The lowest BCUT2D eigenvalue weighted by atomic mass is 9.90. The van der Waals surface area contributed by atoms with Gasteiger partial charge in [-0.2, -0.15) is 0 Å². The second kappa shape index (κ2) is 8.10. The number of thiophene rings is 1. The largest absolute Gasteiger partial charge is 0.383 e. The van der Waals surface area contributed by atoms with E-state index in [1.165, 1.54) is 17.3 Å². The molecule has 1 amide bonds. The Labute approximate surface area is 182 Å². The zero-order valence-electron chi connectivity index (χ0n) is 16.1. The first kappa shape index (κ1) is 20.4. The number of halogens is 1. The molecule has 1 aliphatic heterocycles. The maximum atomic E-state index is 12.2. The molecule has 0 saturated carbocycles. The number of rotatable bonds is 5. The normalized spacial score (nSPS) is 18.6. The molecule has 0 bridgehead atoms. The Morgan fingerprint density at radius 3 is 3.03 bits per heavy atom. The van der Waals surface area contributed by atoms with E-state index >= 15 is 0 Å². The summed E-state index contributed by atoms with van der Waals surface area (Å²) in [7, 11) is 0. The molecule has 29 heavy (non-hydrogen) atoms. The van der Waals surface area contributed by atoms with Gasteiger partial charge in [-0.15, -0.1) is 11.3 Å². The van der Waals surface area contributed by atoms with Gasteiger partial charge in [-0.3, -0.25) is 4.79 Å². The van der Waals surface area contributed by atoms with Crippen molar-refractivity contribution in [2.24, 2.45) is 0 Å². The van der Waals surface area contributed by atoms with Crippen molar-refractivity contribution in [3.8, 4) is 0 Å². The van der Waals surface area contributed by atoms with Crippen LogP contribution in [0, 0.1) is 0 Å². The minimum absolute atomic E-state index is 0.155. The molecule has 0 aliphatic carbocycles. The fourth-order valence-electron chi connectivity index (χ4n) is 3.26. The van der Waals surface area contributed by atoms with Crippen molar-refractivity contribution < 1.29 is 9.53 Å². The fourth-order valence-corrected chi connectivity index (χ4v) is 5.27. The highest BCUT2D eigenvalue weighted by Gasteiger charge is 2.33. The first-order chi connectivity index (χ1) is 13.9. The lowest BCUT2D eigenvalue weighted by Gasteiger charge is -2.33. The van der Waals surface area contributed by atoms with Crippen molar-refractivity contribution in [2.45, 2.75) is 44.1 Å². The molecule has 0 unspecified atom stereocenters. The van der Waals surface area contributed by atoms with Gasteiger partial charge in [0.15, 0.2) is 5.16 Å². The number of thioether (sulfide) groups is 1. The standard InChI is InChI=1S/C20H21ClN4O2S2/c1-3-20(2)8-13-14(9-27-20)29-18-16(13)17(22)24-19(25-18)28-10-15(26)23-12-6-4-5-11(21)7-12/h4-7H,3,8-10H2,1-2H3,(H,23,26)(H2,22,24,25)/t20-/m1/s1. The average molecular weight is 449 g/mol. The summed E-state index contributed by atoms with van der Waals surface area (Å²) in [5.74, 6) is 0.488. The molecule has 1 atom stereocenters. The smallest absolute Gasteiger partial charge is 0.234 e. The summed E-state index contributed by atoms with van der Waals surface area (Å²) in [4.78, 5) is 23.3. The van der Waals surface area contributed by atoms with E-state index < -0.39 is 0 Å². The van der Waals surface area contributed by atoms with Crippen LogP contribution in [0.25, 0.3) is 10.2 Å². The van der Waals surface area contributed by atoms with Crippen molar-refractivity contribution in [1.29, 1.82) is 0 Å². The number of amides is 1. The van der Waals surface area contributed by atoms with Gasteiger partial charge in [0.1, 0.15) is 10.6 Å². The molecule has 6 nitrogen and oxygen atoms in total. The van der Waals surface area contributed by atoms with Gasteiger partial charge in [0, 0.05) is 22.0 Å². The van der Waals surface area contributed by atoms with Crippen molar-refractivity contribution >= 4 is 62.3 Å². The van der Waals surface area contributed by atoms with Crippen LogP contribution in [-0.4, -0.2) is 27.2 Å². The molecule has 0 radical (unpaired) electrons. The zero-order valence-corrected chi connectivity index (χ0v) is 18.5. The van der Waals surface area contributed by atoms with Gasteiger partial charge in [-0.25, -0.2) is 9.97 Å². The quantitative estimate of drug-likeness (QED) is 0.426. The predicted octanol–water partition coefficient (Wildman–Crippen LogP) is 4.90. The molecule has 0 fully saturated rings. The minimum Gasteiger partial charge on any atom is -0.383 e. The fraction of sp³-hybridized carbons (Fsp3) is 0.350. The third kappa shape index (κ3) is 4.35. The predicted molar refractivity (Wildman–Crippen MR) is 120 cm³/mol. The number of hydrogen-bond acceptors (Lipinski definition) is 7. The summed E-state index contributed by atoms with van der Waals surface area (Å²) in [5.41, 5.74) is 7.97. The molecule has 0 spiro atoms. The summed E-state index contributed by atoms with van der Waals surface area (Å²) >= 11 is 8.80. The Kier molecular flexibility index (Phi) is 5.70. The van der Waals surface area contributed by atoms with Crippen LogP contribution in [0.2, 0.25) is 5.02 Å². The van der Waals surface area contributed by atoms with Gasteiger partial charge in [-0.05, 0) is 37.1 Å². The molecule has 3 N–H and O–H groups in total. The number of carbonyl (C=O) groups is 1. The molecular weight excluding hydrogens is 428 g/mol. The topological polar surface area (TPSA) is 90.1 Å². The van der Waals surface area contributed by atoms with Gasteiger partial charge in [0.2, 0.25) is 5.91 Å². The average Bonchev–Trinajstić information content (AvgIpc) is 3.04. The molecule has 4 rings (SSSR count). The Bertz CT molecular complexity index is 1090. The van der Waals surface area contributed by atoms with Crippen molar-refractivity contribution in [3.05, 3.63) is 39.7 Å². The highest BCUT2D eigenvalue weighted by atomic mass is 35.5. The van der Waals surface area contributed by atoms with Gasteiger partial charge in [0.25, 0.3) is 0 Å². The van der Waals surface area contributed by atoms with E-state index in [2.05, 4.69) is 29.1 Å². The van der Waals surface area contributed by atoms with Crippen LogP contribution in [-0.2, 0) is 22.6 Å². The monoisotopic (exact) mass is 448 g/mol. The van der Waals surface area contributed by atoms with Crippen LogP contribution in [0.1, 0.15) is 30.7 Å². The van der Waals surface area contributed by atoms with Crippen LogP contribution in [0.15, 0.2) is 29.4 Å². The Balaban J connectivity index is 1.50. The SMILES string of the molecule is CC[C@]1(C)Cc2c(sc3nc(SCC(=O)Nc4cccc(Cl)c4)nc(N)c23)CO1. The molecule has 0 saturated heterocycles. The number of benzene rings is 1. The lowest BCUT2D eigenvalue weighted by Crippen LogP contribution is -2.33. The highest BCUT2D eigenvalue weighted by molar-refractivity contribution is 7.99. The van der Waals surface area contributed by atoms with E-state index in [1.807, 2.05) is 0 Å². The number of nitrogen functional groups attached to an aromatic ring is 1. The number of nitrogens with one attached hydrogen (secondary N) is 1. The summed E-state index contributed by atoms with van der Waals surface area (Å²) in [6.45, 7) is 4.83. The van der Waals surface area contributed by atoms with Crippen molar-refractivity contribution in [2.75, 3.05) is 16.8 Å². The van der Waals surface area contributed by atoms with Crippen LogP contribution in [0.4, 0.5) is 11.5 Å². The van der Waals surface area contributed by atoms with E-state index in [0.717, 1.165) is 27.9 Å². The summed E-state index contributed by atoms with van der Waals surface area (Å²) in [6.07, 6.45) is 1.74. The van der Waals surface area contributed by atoms with Crippen molar-refractivity contribution in [1.82, 2.24) is 9.97 Å². The Morgan fingerprint density at radius 2 is 2.28 bits per heavy atom. The first-order valence-corrected chi connectivity index (χ1v) is 11.4. The first-order valence-electron chi connectivity index (χ1n) is 9.27. The number of carbonyl (C=O) groups excluding carboxylic acids is 1. The van der Waals surface area contributed by atoms with Gasteiger partial charge in [-0.1, -0.05) is 36.4 Å². The number of hydrogen-bond donors (Lipinski definition) is 2. The molecule has 3 aromatic rings.